The fraction of sp³-hybridized carbons (Fsp3) is 0.500. The molecule has 0 saturated carbocycles. The predicted octanol–water partition coefficient (Wildman–Crippen LogP) is 2.98. The summed E-state index contributed by atoms with van der Waals surface area (Å²) in [6.07, 6.45) is 1.89. The minimum atomic E-state index is 0.531. The average molecular weight is 292 g/mol. The molecular weight excluding hydrogens is 272 g/mol. The van der Waals surface area contributed by atoms with Gasteiger partial charge in [-0.25, -0.2) is 4.98 Å². The average Bonchev–Trinajstić information content (AvgIpc) is 2.78. The van der Waals surface area contributed by atoms with Gasteiger partial charge in [-0.05, 0) is 42.3 Å². The van der Waals surface area contributed by atoms with E-state index in [1.165, 1.54) is 17.3 Å². The van der Waals surface area contributed by atoms with Gasteiger partial charge in [0.25, 0.3) is 5.22 Å². The van der Waals surface area contributed by atoms with Crippen molar-refractivity contribution in [3.8, 4) is 0 Å². The summed E-state index contributed by atoms with van der Waals surface area (Å²) in [5.41, 5.74) is 2.31. The van der Waals surface area contributed by atoms with E-state index in [1.807, 2.05) is 13.1 Å². The molecule has 108 valence electrons. The molecule has 0 radical (unpaired) electrons. The highest BCUT2D eigenvalue weighted by atomic mass is 32.2. The van der Waals surface area contributed by atoms with Crippen LogP contribution in [0.5, 0.6) is 0 Å². The molecule has 20 heavy (non-hydrogen) atoms. The van der Waals surface area contributed by atoms with E-state index in [1.54, 1.807) is 6.92 Å². The first kappa shape index (κ1) is 15.0. The number of hydrogen-bond donors (Lipinski definition) is 1. The third kappa shape index (κ3) is 4.31. The number of aryl methyl sites for hydroxylation is 2. The van der Waals surface area contributed by atoms with Crippen LogP contribution in [0, 0.1) is 19.8 Å². The summed E-state index contributed by atoms with van der Waals surface area (Å²) in [5, 5.41) is 12.6. The zero-order valence-corrected chi connectivity index (χ0v) is 13.1. The van der Waals surface area contributed by atoms with E-state index >= 15 is 0 Å². The summed E-state index contributed by atoms with van der Waals surface area (Å²) in [6.45, 7) is 10.1. The molecule has 0 atom stereocenters. The summed E-state index contributed by atoms with van der Waals surface area (Å²) in [7, 11) is 0. The highest BCUT2D eigenvalue weighted by Crippen LogP contribution is 2.27. The van der Waals surface area contributed by atoms with Crippen molar-refractivity contribution in [1.82, 2.24) is 20.5 Å². The van der Waals surface area contributed by atoms with Gasteiger partial charge in [0.05, 0.1) is 0 Å². The molecule has 0 aliphatic carbocycles. The monoisotopic (exact) mass is 292 g/mol. The molecule has 2 aromatic rings. The standard InChI is InChI=1S/C14H20N4OS/c1-9(2)6-15-7-12-5-10(3)13(16-8-12)20-14-18-17-11(4)19-14/h5,8-9,15H,6-7H2,1-4H3. The van der Waals surface area contributed by atoms with Crippen molar-refractivity contribution < 1.29 is 4.42 Å². The van der Waals surface area contributed by atoms with Gasteiger partial charge in [-0.15, -0.1) is 10.2 Å². The van der Waals surface area contributed by atoms with Gasteiger partial charge in [-0.3, -0.25) is 0 Å². The molecule has 6 heteroatoms. The van der Waals surface area contributed by atoms with Gasteiger partial charge in [0.2, 0.25) is 5.89 Å². The highest BCUT2D eigenvalue weighted by Gasteiger charge is 2.09. The van der Waals surface area contributed by atoms with Gasteiger partial charge < -0.3 is 9.73 Å². The van der Waals surface area contributed by atoms with Crippen LogP contribution in [0.1, 0.15) is 30.9 Å². The third-order valence-electron chi connectivity index (χ3n) is 2.66. The number of hydrogen-bond acceptors (Lipinski definition) is 6. The Hall–Kier alpha value is -1.40. The topological polar surface area (TPSA) is 63.8 Å². The van der Waals surface area contributed by atoms with Crippen LogP contribution in [0.15, 0.2) is 26.9 Å². The second-order valence-electron chi connectivity index (χ2n) is 5.18. The first-order chi connectivity index (χ1) is 9.54. The molecule has 0 bridgehead atoms. The number of aromatic nitrogens is 3. The minimum Gasteiger partial charge on any atom is -0.416 e. The van der Waals surface area contributed by atoms with Gasteiger partial charge in [-0.1, -0.05) is 19.9 Å². The van der Waals surface area contributed by atoms with Crippen LogP contribution in [0.4, 0.5) is 0 Å². The van der Waals surface area contributed by atoms with Crippen molar-refractivity contribution in [3.63, 3.8) is 0 Å². The Bertz CT molecular complexity index is 568. The van der Waals surface area contributed by atoms with Crippen molar-refractivity contribution in [3.05, 3.63) is 29.3 Å². The molecule has 5 nitrogen and oxygen atoms in total. The van der Waals surface area contributed by atoms with Crippen LogP contribution in [0.2, 0.25) is 0 Å². The van der Waals surface area contributed by atoms with E-state index in [0.29, 0.717) is 17.0 Å². The molecular formula is C14H20N4OS. The third-order valence-corrected chi connectivity index (χ3v) is 3.62. The van der Waals surface area contributed by atoms with E-state index in [9.17, 15) is 0 Å². The van der Waals surface area contributed by atoms with Crippen molar-refractivity contribution in [1.29, 1.82) is 0 Å². The SMILES string of the molecule is Cc1nnc(Sc2ncc(CNCC(C)C)cc2C)o1. The largest absolute Gasteiger partial charge is 0.416 e. The van der Waals surface area contributed by atoms with Crippen molar-refractivity contribution in [2.75, 3.05) is 6.54 Å². The molecule has 0 amide bonds. The van der Waals surface area contributed by atoms with Crippen LogP contribution < -0.4 is 5.32 Å². The van der Waals surface area contributed by atoms with E-state index < -0.39 is 0 Å². The van der Waals surface area contributed by atoms with Crippen LogP contribution in [0.25, 0.3) is 0 Å². The van der Waals surface area contributed by atoms with E-state index in [0.717, 1.165) is 23.7 Å². The Labute approximate surface area is 123 Å². The maximum absolute atomic E-state index is 5.35. The molecule has 0 fully saturated rings. The number of nitrogens with zero attached hydrogens (tertiary/aromatic N) is 3. The molecule has 2 aromatic heterocycles. The maximum atomic E-state index is 5.35. The molecule has 2 rings (SSSR count). The van der Waals surface area contributed by atoms with Crippen molar-refractivity contribution >= 4 is 11.8 Å². The van der Waals surface area contributed by atoms with Crippen LogP contribution in [-0.4, -0.2) is 21.7 Å². The lowest BCUT2D eigenvalue weighted by molar-refractivity contribution is 0.429. The molecule has 0 saturated heterocycles. The lowest BCUT2D eigenvalue weighted by atomic mass is 10.2. The molecule has 0 aliphatic heterocycles. The Kier molecular flexibility index (Phi) is 5.14. The van der Waals surface area contributed by atoms with Gasteiger partial charge in [0.1, 0.15) is 5.03 Å². The highest BCUT2D eigenvalue weighted by molar-refractivity contribution is 7.99. The molecule has 0 spiro atoms. The molecule has 1 N–H and O–H groups in total. The zero-order chi connectivity index (χ0) is 14.5. The maximum Gasteiger partial charge on any atom is 0.282 e. The van der Waals surface area contributed by atoms with Crippen LogP contribution in [0.3, 0.4) is 0 Å². The zero-order valence-electron chi connectivity index (χ0n) is 12.3. The minimum absolute atomic E-state index is 0.531. The molecule has 0 unspecified atom stereocenters. The van der Waals surface area contributed by atoms with E-state index in [2.05, 4.69) is 40.4 Å². The fourth-order valence-electron chi connectivity index (χ4n) is 1.73. The molecule has 2 heterocycles. The number of rotatable bonds is 6. The second-order valence-corrected chi connectivity index (χ2v) is 6.12. The van der Waals surface area contributed by atoms with Crippen LogP contribution >= 0.6 is 11.8 Å². The smallest absolute Gasteiger partial charge is 0.282 e. The Morgan fingerprint density at radius 2 is 2.10 bits per heavy atom. The van der Waals surface area contributed by atoms with Crippen molar-refractivity contribution in [2.24, 2.45) is 5.92 Å². The summed E-state index contributed by atoms with van der Waals surface area (Å²) < 4.78 is 5.35. The van der Waals surface area contributed by atoms with Crippen molar-refractivity contribution in [2.45, 2.75) is 44.5 Å². The second kappa shape index (κ2) is 6.85. The summed E-state index contributed by atoms with van der Waals surface area (Å²) in [5.74, 6) is 1.22. The molecule has 0 aromatic carbocycles. The number of pyridine rings is 1. The first-order valence-corrected chi connectivity index (χ1v) is 7.50. The number of nitrogens with one attached hydrogen (secondary N) is 1. The van der Waals surface area contributed by atoms with Crippen LogP contribution in [-0.2, 0) is 6.54 Å². The first-order valence-electron chi connectivity index (χ1n) is 6.69. The Morgan fingerprint density at radius 3 is 2.70 bits per heavy atom. The van der Waals surface area contributed by atoms with E-state index in [4.69, 9.17) is 4.42 Å². The lowest BCUT2D eigenvalue weighted by Crippen LogP contribution is -2.19. The molecule has 0 aliphatic rings. The Morgan fingerprint density at radius 1 is 1.30 bits per heavy atom. The lowest BCUT2D eigenvalue weighted by Gasteiger charge is -2.09. The van der Waals surface area contributed by atoms with Gasteiger partial charge in [-0.2, -0.15) is 0 Å². The summed E-state index contributed by atoms with van der Waals surface area (Å²) in [4.78, 5) is 4.48. The fourth-order valence-corrected chi connectivity index (χ4v) is 2.47. The van der Waals surface area contributed by atoms with E-state index in [-0.39, 0.29) is 0 Å². The van der Waals surface area contributed by atoms with Gasteiger partial charge >= 0.3 is 0 Å². The Balaban J connectivity index is 1.98. The van der Waals surface area contributed by atoms with Gasteiger partial charge in [0, 0.05) is 19.7 Å². The predicted molar refractivity (Wildman–Crippen MR) is 78.7 cm³/mol. The summed E-state index contributed by atoms with van der Waals surface area (Å²) >= 11 is 1.40. The van der Waals surface area contributed by atoms with Gasteiger partial charge in [0.15, 0.2) is 0 Å². The quantitative estimate of drug-likeness (QED) is 0.883. The summed E-state index contributed by atoms with van der Waals surface area (Å²) in [6, 6.07) is 2.14. The normalized spacial score (nSPS) is 11.2.